The number of rotatable bonds is 9. The number of sulfone groups is 1. The first kappa shape index (κ1) is 23.3. The largest absolute Gasteiger partial charge is 0.497 e. The van der Waals surface area contributed by atoms with E-state index in [4.69, 9.17) is 4.74 Å². The summed E-state index contributed by atoms with van der Waals surface area (Å²) in [7, 11) is -1.78. The maximum absolute atomic E-state index is 12.8. The van der Waals surface area contributed by atoms with Crippen LogP contribution in [0.1, 0.15) is 16.9 Å². The first-order chi connectivity index (χ1) is 16.5. The first-order valence-corrected chi connectivity index (χ1v) is 12.5. The van der Waals surface area contributed by atoms with Crippen LogP contribution >= 0.6 is 0 Å². The van der Waals surface area contributed by atoms with Crippen molar-refractivity contribution >= 4 is 15.7 Å². The molecule has 0 aliphatic carbocycles. The highest BCUT2D eigenvalue weighted by Crippen LogP contribution is 2.26. The summed E-state index contributed by atoms with van der Waals surface area (Å²) in [4.78, 5) is 13.1. The fourth-order valence-corrected chi connectivity index (χ4v) is 4.86. The standard InChI is InChI=1S/C26H25N3O4S/c1-33-22-15-13-20(14-16-22)25-19-24(28-29(25)21-9-4-2-5-10-21)26(30)27-17-8-18-34(31,32)23-11-6-3-7-12-23/h2-7,9-16,19H,8,17-18H2,1H3,(H,27,30). The summed E-state index contributed by atoms with van der Waals surface area (Å²) in [5, 5.41) is 7.32. The number of ether oxygens (including phenoxy) is 1. The zero-order valence-corrected chi connectivity index (χ0v) is 19.5. The Labute approximate surface area is 198 Å². The molecule has 0 saturated heterocycles. The Hall–Kier alpha value is -3.91. The van der Waals surface area contributed by atoms with Crippen molar-refractivity contribution in [1.29, 1.82) is 0 Å². The van der Waals surface area contributed by atoms with Gasteiger partial charge in [-0.2, -0.15) is 5.10 Å². The van der Waals surface area contributed by atoms with Crippen molar-refractivity contribution in [3.63, 3.8) is 0 Å². The third kappa shape index (κ3) is 5.35. The number of hydrogen-bond acceptors (Lipinski definition) is 5. The molecule has 0 bridgehead atoms. The SMILES string of the molecule is COc1ccc(-c2cc(C(=O)NCCCS(=O)(=O)c3ccccc3)nn2-c2ccccc2)cc1. The van der Waals surface area contributed by atoms with Crippen LogP contribution in [0.15, 0.2) is 95.9 Å². The highest BCUT2D eigenvalue weighted by Gasteiger charge is 2.18. The minimum atomic E-state index is -3.38. The molecule has 174 valence electrons. The zero-order chi connectivity index (χ0) is 24.0. The lowest BCUT2D eigenvalue weighted by Crippen LogP contribution is -2.26. The van der Waals surface area contributed by atoms with E-state index in [0.29, 0.717) is 6.42 Å². The maximum atomic E-state index is 12.8. The van der Waals surface area contributed by atoms with Gasteiger partial charge in [-0.05, 0) is 61.0 Å². The average Bonchev–Trinajstić information content (AvgIpc) is 3.33. The number of aromatic nitrogens is 2. The molecular formula is C26H25N3O4S. The number of amides is 1. The number of benzene rings is 3. The van der Waals surface area contributed by atoms with Crippen LogP contribution in [0.5, 0.6) is 5.75 Å². The van der Waals surface area contributed by atoms with Crippen molar-refractivity contribution in [2.24, 2.45) is 0 Å². The molecule has 4 aromatic rings. The van der Waals surface area contributed by atoms with Crippen LogP contribution in [-0.2, 0) is 9.84 Å². The molecule has 1 aromatic heterocycles. The lowest BCUT2D eigenvalue weighted by Gasteiger charge is -2.08. The Morgan fingerprint density at radius 2 is 1.59 bits per heavy atom. The summed E-state index contributed by atoms with van der Waals surface area (Å²) >= 11 is 0. The minimum absolute atomic E-state index is 0.0488. The van der Waals surface area contributed by atoms with Gasteiger partial charge in [-0.15, -0.1) is 0 Å². The van der Waals surface area contributed by atoms with Gasteiger partial charge in [0.05, 0.1) is 29.1 Å². The van der Waals surface area contributed by atoms with E-state index in [1.807, 2.05) is 54.6 Å². The third-order valence-corrected chi connectivity index (χ3v) is 7.12. The fraction of sp³-hybridized carbons (Fsp3) is 0.154. The van der Waals surface area contributed by atoms with Crippen LogP contribution < -0.4 is 10.1 Å². The Morgan fingerprint density at radius 1 is 0.941 bits per heavy atom. The predicted octanol–water partition coefficient (Wildman–Crippen LogP) is 4.14. The van der Waals surface area contributed by atoms with Crippen LogP contribution in [-0.4, -0.2) is 43.5 Å². The predicted molar refractivity (Wildman–Crippen MR) is 131 cm³/mol. The van der Waals surface area contributed by atoms with Crippen LogP contribution in [0.3, 0.4) is 0 Å². The molecule has 0 unspecified atom stereocenters. The smallest absolute Gasteiger partial charge is 0.271 e. The molecule has 3 aromatic carbocycles. The van der Waals surface area contributed by atoms with Gasteiger partial charge in [0.1, 0.15) is 5.75 Å². The van der Waals surface area contributed by atoms with Crippen molar-refractivity contribution in [1.82, 2.24) is 15.1 Å². The molecule has 0 aliphatic rings. The van der Waals surface area contributed by atoms with Gasteiger partial charge in [-0.25, -0.2) is 13.1 Å². The molecule has 1 heterocycles. The van der Waals surface area contributed by atoms with E-state index >= 15 is 0 Å². The lowest BCUT2D eigenvalue weighted by atomic mass is 10.1. The van der Waals surface area contributed by atoms with E-state index in [1.165, 1.54) is 0 Å². The number of carbonyl (C=O) groups is 1. The van der Waals surface area contributed by atoms with Gasteiger partial charge in [-0.3, -0.25) is 4.79 Å². The van der Waals surface area contributed by atoms with E-state index < -0.39 is 9.84 Å². The van der Waals surface area contributed by atoms with Gasteiger partial charge in [-0.1, -0.05) is 36.4 Å². The topological polar surface area (TPSA) is 90.3 Å². The summed E-state index contributed by atoms with van der Waals surface area (Å²) < 4.78 is 31.8. The lowest BCUT2D eigenvalue weighted by molar-refractivity contribution is 0.0948. The van der Waals surface area contributed by atoms with Crippen LogP contribution in [0.25, 0.3) is 16.9 Å². The number of para-hydroxylation sites is 1. The summed E-state index contributed by atoms with van der Waals surface area (Å²) in [5.74, 6) is 0.326. The van der Waals surface area contributed by atoms with Crippen molar-refractivity contribution in [2.75, 3.05) is 19.4 Å². The molecule has 0 saturated carbocycles. The summed E-state index contributed by atoms with van der Waals surface area (Å²) in [6.45, 7) is 0.223. The molecule has 0 aliphatic heterocycles. The third-order valence-electron chi connectivity index (χ3n) is 5.31. The second-order valence-corrected chi connectivity index (χ2v) is 9.74. The maximum Gasteiger partial charge on any atom is 0.271 e. The molecule has 4 rings (SSSR count). The van der Waals surface area contributed by atoms with Gasteiger partial charge in [0, 0.05) is 12.1 Å². The Bertz CT molecular complexity index is 1350. The van der Waals surface area contributed by atoms with Gasteiger partial charge in [0.15, 0.2) is 15.5 Å². The Morgan fingerprint density at radius 3 is 2.24 bits per heavy atom. The normalized spacial score (nSPS) is 11.2. The molecule has 1 amide bonds. The highest BCUT2D eigenvalue weighted by molar-refractivity contribution is 7.91. The van der Waals surface area contributed by atoms with Gasteiger partial charge < -0.3 is 10.1 Å². The minimum Gasteiger partial charge on any atom is -0.497 e. The first-order valence-electron chi connectivity index (χ1n) is 10.8. The summed E-state index contributed by atoms with van der Waals surface area (Å²) in [6.07, 6.45) is 0.299. The Balaban J connectivity index is 1.49. The van der Waals surface area contributed by atoms with Crippen molar-refractivity contribution in [3.8, 4) is 22.7 Å². The quantitative estimate of drug-likeness (QED) is 0.368. The number of nitrogens with one attached hydrogen (secondary N) is 1. The molecule has 1 N–H and O–H groups in total. The summed E-state index contributed by atoms with van der Waals surface area (Å²) in [6, 6.07) is 27.1. The van der Waals surface area contributed by atoms with E-state index in [-0.39, 0.29) is 28.8 Å². The van der Waals surface area contributed by atoms with Crippen LogP contribution in [0.4, 0.5) is 0 Å². The summed E-state index contributed by atoms with van der Waals surface area (Å²) in [5.41, 5.74) is 2.71. The Kier molecular flexibility index (Phi) is 7.08. The monoisotopic (exact) mass is 475 g/mol. The van der Waals surface area contributed by atoms with E-state index in [1.54, 1.807) is 48.2 Å². The van der Waals surface area contributed by atoms with Crippen LogP contribution in [0.2, 0.25) is 0 Å². The number of hydrogen-bond donors (Lipinski definition) is 1. The van der Waals surface area contributed by atoms with Crippen LogP contribution in [0, 0.1) is 0 Å². The molecule has 7 nitrogen and oxygen atoms in total. The molecule has 0 atom stereocenters. The van der Waals surface area contributed by atoms with E-state index in [0.717, 1.165) is 22.7 Å². The molecular weight excluding hydrogens is 450 g/mol. The van der Waals surface area contributed by atoms with E-state index in [2.05, 4.69) is 10.4 Å². The second kappa shape index (κ2) is 10.4. The van der Waals surface area contributed by atoms with Gasteiger partial charge in [0.2, 0.25) is 0 Å². The zero-order valence-electron chi connectivity index (χ0n) is 18.7. The number of nitrogens with zero attached hydrogens (tertiary/aromatic N) is 2. The highest BCUT2D eigenvalue weighted by atomic mass is 32.2. The molecule has 8 heteroatoms. The molecule has 0 fully saturated rings. The number of carbonyl (C=O) groups excluding carboxylic acids is 1. The molecule has 0 spiro atoms. The van der Waals surface area contributed by atoms with Crippen molar-refractivity contribution in [3.05, 3.63) is 96.7 Å². The second-order valence-electron chi connectivity index (χ2n) is 7.63. The van der Waals surface area contributed by atoms with Gasteiger partial charge >= 0.3 is 0 Å². The van der Waals surface area contributed by atoms with Gasteiger partial charge in [0.25, 0.3) is 5.91 Å². The number of methoxy groups -OCH3 is 1. The molecule has 34 heavy (non-hydrogen) atoms. The average molecular weight is 476 g/mol. The van der Waals surface area contributed by atoms with E-state index in [9.17, 15) is 13.2 Å². The molecule has 0 radical (unpaired) electrons. The van der Waals surface area contributed by atoms with Crippen molar-refractivity contribution in [2.45, 2.75) is 11.3 Å². The fourth-order valence-electron chi connectivity index (χ4n) is 3.53. The van der Waals surface area contributed by atoms with Crippen molar-refractivity contribution < 1.29 is 17.9 Å².